The number of rotatable bonds is 1. The van der Waals surface area contributed by atoms with E-state index in [1.165, 1.54) is 0 Å². The number of H-pyrrole nitrogens is 2. The molecule has 0 unspecified atom stereocenters. The first-order valence-electron chi connectivity index (χ1n) is 5.89. The van der Waals surface area contributed by atoms with E-state index < -0.39 is 23.0 Å². The third kappa shape index (κ3) is 2.14. The number of alkyl halides is 3. The van der Waals surface area contributed by atoms with E-state index in [0.29, 0.717) is 4.73 Å². The molecule has 0 aliphatic carbocycles. The molecule has 0 bridgehead atoms. The molecular formula is C12H7F3N4O3. The maximum Gasteiger partial charge on any atom is 0.416 e. The monoisotopic (exact) mass is 312 g/mol. The number of fused-ring (bicyclic) bond motifs is 1. The summed E-state index contributed by atoms with van der Waals surface area (Å²) in [5.74, 6) is -0.170. The summed E-state index contributed by atoms with van der Waals surface area (Å²) >= 11 is 0. The zero-order valence-corrected chi connectivity index (χ0v) is 10.6. The number of nitrogens with zero attached hydrogens (tertiary/aromatic N) is 2. The number of halogens is 3. The van der Waals surface area contributed by atoms with Crippen LogP contribution in [0.2, 0.25) is 0 Å². The van der Waals surface area contributed by atoms with Crippen molar-refractivity contribution in [3.63, 3.8) is 0 Å². The van der Waals surface area contributed by atoms with E-state index in [9.17, 15) is 28.0 Å². The Morgan fingerprint density at radius 2 is 1.73 bits per heavy atom. The molecule has 0 atom stereocenters. The molecule has 0 saturated carbocycles. The van der Waals surface area contributed by atoms with E-state index in [1.54, 1.807) is 0 Å². The van der Waals surface area contributed by atoms with E-state index in [1.807, 2.05) is 4.98 Å². The average Bonchev–Trinajstić information content (AvgIpc) is 2.75. The number of nitrogens with one attached hydrogen (secondary N) is 2. The average molecular weight is 312 g/mol. The molecule has 3 rings (SSSR count). The van der Waals surface area contributed by atoms with Crippen molar-refractivity contribution in [2.75, 3.05) is 0 Å². The van der Waals surface area contributed by atoms with E-state index in [-0.39, 0.29) is 22.6 Å². The molecule has 22 heavy (non-hydrogen) atoms. The largest absolute Gasteiger partial charge is 0.426 e. The van der Waals surface area contributed by atoms with Gasteiger partial charge in [0.15, 0.2) is 17.0 Å². The Bertz CT molecular complexity index is 966. The van der Waals surface area contributed by atoms with Gasteiger partial charge in [-0.3, -0.25) is 14.8 Å². The van der Waals surface area contributed by atoms with E-state index in [0.717, 1.165) is 24.3 Å². The second-order valence-electron chi connectivity index (χ2n) is 4.43. The van der Waals surface area contributed by atoms with Gasteiger partial charge in [-0.05, 0) is 12.1 Å². The van der Waals surface area contributed by atoms with Crippen LogP contribution in [0, 0.1) is 0 Å². The molecule has 0 fully saturated rings. The van der Waals surface area contributed by atoms with Gasteiger partial charge in [-0.15, -0.1) is 0 Å². The van der Waals surface area contributed by atoms with Gasteiger partial charge in [0.05, 0.1) is 5.56 Å². The Kier molecular flexibility index (Phi) is 2.83. The number of aromatic amines is 2. The fourth-order valence-corrected chi connectivity index (χ4v) is 2.00. The molecule has 2 heterocycles. The summed E-state index contributed by atoms with van der Waals surface area (Å²) in [6.45, 7) is 0. The molecule has 0 aliphatic rings. The summed E-state index contributed by atoms with van der Waals surface area (Å²) in [5.41, 5.74) is -2.88. The fraction of sp³-hybridized carbons (Fsp3) is 0.0833. The highest BCUT2D eigenvalue weighted by atomic mass is 19.4. The summed E-state index contributed by atoms with van der Waals surface area (Å²) in [4.78, 5) is 30.7. The van der Waals surface area contributed by atoms with Crippen LogP contribution in [-0.4, -0.2) is 24.9 Å². The number of hydrogen-bond donors (Lipinski definition) is 3. The number of benzene rings is 1. The van der Waals surface area contributed by atoms with Crippen molar-refractivity contribution in [3.8, 4) is 11.4 Å². The molecule has 0 spiro atoms. The van der Waals surface area contributed by atoms with Crippen LogP contribution >= 0.6 is 0 Å². The van der Waals surface area contributed by atoms with E-state index in [4.69, 9.17) is 0 Å². The van der Waals surface area contributed by atoms with Crippen LogP contribution < -0.4 is 11.2 Å². The van der Waals surface area contributed by atoms with Crippen molar-refractivity contribution in [3.05, 3.63) is 50.7 Å². The summed E-state index contributed by atoms with van der Waals surface area (Å²) < 4.78 is 37.9. The quantitative estimate of drug-likeness (QED) is 0.590. The van der Waals surface area contributed by atoms with E-state index in [2.05, 4.69) is 9.97 Å². The Morgan fingerprint density at radius 3 is 2.32 bits per heavy atom. The maximum absolute atomic E-state index is 12.5. The second-order valence-corrected chi connectivity index (χ2v) is 4.43. The van der Waals surface area contributed by atoms with Gasteiger partial charge >= 0.3 is 11.9 Å². The zero-order valence-electron chi connectivity index (χ0n) is 10.6. The lowest BCUT2D eigenvalue weighted by atomic mass is 10.1. The molecule has 3 aromatic rings. The van der Waals surface area contributed by atoms with Crippen LogP contribution in [0.25, 0.3) is 22.6 Å². The lowest BCUT2D eigenvalue weighted by molar-refractivity contribution is -0.137. The lowest BCUT2D eigenvalue weighted by Crippen LogP contribution is -2.23. The molecular weight excluding hydrogens is 305 g/mol. The first kappa shape index (κ1) is 13.9. The number of hydrogen-bond acceptors (Lipinski definition) is 4. The topological polar surface area (TPSA) is 104 Å². The highest BCUT2D eigenvalue weighted by Gasteiger charge is 2.30. The van der Waals surface area contributed by atoms with Gasteiger partial charge in [0.1, 0.15) is 0 Å². The standard InChI is InChI=1S/C12H7F3N4O3/c13-12(14,15)6-3-1-5(2-4-6)9-16-8-7(19(9)22)10(20)18-11(21)17-8/h1-4,22H,(H2,17,18,20,21). The summed E-state index contributed by atoms with van der Waals surface area (Å²) in [6.07, 6.45) is -4.49. The lowest BCUT2D eigenvalue weighted by Gasteiger charge is -2.07. The Hall–Kier alpha value is -3.04. The Balaban J connectivity index is 2.19. The van der Waals surface area contributed by atoms with Crippen LogP contribution in [0.4, 0.5) is 13.2 Å². The molecule has 7 nitrogen and oxygen atoms in total. The third-order valence-corrected chi connectivity index (χ3v) is 3.00. The molecule has 10 heteroatoms. The highest BCUT2D eigenvalue weighted by Crippen LogP contribution is 2.30. The minimum atomic E-state index is -4.49. The minimum Gasteiger partial charge on any atom is -0.426 e. The van der Waals surface area contributed by atoms with Crippen molar-refractivity contribution < 1.29 is 18.4 Å². The van der Waals surface area contributed by atoms with Crippen LogP contribution in [0.3, 0.4) is 0 Å². The zero-order chi connectivity index (χ0) is 16.1. The van der Waals surface area contributed by atoms with Crippen LogP contribution in [0.1, 0.15) is 5.56 Å². The van der Waals surface area contributed by atoms with Crippen molar-refractivity contribution in [2.24, 2.45) is 0 Å². The molecule has 1 aromatic carbocycles. The number of aromatic nitrogens is 4. The van der Waals surface area contributed by atoms with Crippen molar-refractivity contribution in [2.45, 2.75) is 6.18 Å². The van der Waals surface area contributed by atoms with Gasteiger partial charge in [-0.1, -0.05) is 12.1 Å². The fourth-order valence-electron chi connectivity index (χ4n) is 2.00. The molecule has 2 aromatic heterocycles. The van der Waals surface area contributed by atoms with Crippen molar-refractivity contribution in [1.82, 2.24) is 19.7 Å². The Morgan fingerprint density at radius 1 is 1.09 bits per heavy atom. The molecule has 114 valence electrons. The van der Waals surface area contributed by atoms with Gasteiger partial charge in [0.2, 0.25) is 0 Å². The molecule has 0 aliphatic heterocycles. The van der Waals surface area contributed by atoms with Crippen LogP contribution in [-0.2, 0) is 6.18 Å². The maximum atomic E-state index is 12.5. The van der Waals surface area contributed by atoms with Gasteiger partial charge < -0.3 is 5.21 Å². The van der Waals surface area contributed by atoms with Crippen LogP contribution in [0.15, 0.2) is 33.9 Å². The summed E-state index contributed by atoms with van der Waals surface area (Å²) in [6, 6.07) is 3.84. The van der Waals surface area contributed by atoms with Crippen molar-refractivity contribution in [1.29, 1.82) is 0 Å². The Labute approximate surface area is 118 Å². The third-order valence-electron chi connectivity index (χ3n) is 3.00. The smallest absolute Gasteiger partial charge is 0.416 e. The van der Waals surface area contributed by atoms with E-state index >= 15 is 0 Å². The predicted molar refractivity (Wildman–Crippen MR) is 68.6 cm³/mol. The first-order valence-corrected chi connectivity index (χ1v) is 5.89. The van der Waals surface area contributed by atoms with Gasteiger partial charge in [-0.2, -0.15) is 17.9 Å². The minimum absolute atomic E-state index is 0.145. The van der Waals surface area contributed by atoms with Gasteiger partial charge in [0.25, 0.3) is 5.56 Å². The SMILES string of the molecule is O=c1[nH]c(=O)c2c(nc(-c3ccc(C(F)(F)F)cc3)n2O)[nH]1. The highest BCUT2D eigenvalue weighted by molar-refractivity contribution is 5.75. The molecule has 0 saturated heterocycles. The van der Waals surface area contributed by atoms with Crippen LogP contribution in [0.5, 0.6) is 0 Å². The van der Waals surface area contributed by atoms with Gasteiger partial charge in [0, 0.05) is 5.56 Å². The summed E-state index contributed by atoms with van der Waals surface area (Å²) in [5, 5.41) is 9.93. The molecule has 3 N–H and O–H groups in total. The normalized spacial score (nSPS) is 12.0. The second kappa shape index (κ2) is 4.48. The first-order chi connectivity index (χ1) is 10.3. The van der Waals surface area contributed by atoms with Crippen molar-refractivity contribution >= 4 is 11.2 Å². The summed E-state index contributed by atoms with van der Waals surface area (Å²) in [7, 11) is 0. The van der Waals surface area contributed by atoms with Gasteiger partial charge in [-0.25, -0.2) is 9.78 Å². The molecule has 0 radical (unpaired) electrons. The number of imidazole rings is 1. The molecule has 0 amide bonds. The predicted octanol–water partition coefficient (Wildman–Crippen LogP) is 1.34.